The Labute approximate surface area is 516 Å². The van der Waals surface area contributed by atoms with Gasteiger partial charge in [0.25, 0.3) is 37.6 Å². The molecule has 19 nitrogen and oxygen atoms in total. The molecule has 9 rings (SSSR count). The van der Waals surface area contributed by atoms with Crippen LogP contribution in [0.2, 0.25) is 0 Å². The first kappa shape index (κ1) is 65.4. The number of imide groups is 2. The van der Waals surface area contributed by atoms with Crippen molar-refractivity contribution < 1.29 is 58.8 Å². The summed E-state index contributed by atoms with van der Waals surface area (Å²) < 4.78 is 99.6. The number of nitrogens with one attached hydrogen (secondary N) is 4. The van der Waals surface area contributed by atoms with Crippen LogP contribution in [-0.4, -0.2) is 167 Å². The molecule has 0 spiro atoms. The quantitative estimate of drug-likeness (QED) is 0.0292. The van der Waals surface area contributed by atoms with Gasteiger partial charge < -0.3 is 20.4 Å². The monoisotopic (exact) mass is 1270 g/mol. The summed E-state index contributed by atoms with van der Waals surface area (Å²) in [6.45, 7) is 17.8. The number of piperazine rings is 2. The van der Waals surface area contributed by atoms with E-state index in [1.165, 1.54) is 52.7 Å². The number of thioether (sulfide) groups is 1. The number of anilines is 3. The van der Waals surface area contributed by atoms with Gasteiger partial charge in [-0.25, -0.2) is 21.6 Å². The van der Waals surface area contributed by atoms with Crippen molar-refractivity contribution in [1.29, 1.82) is 0 Å². The molecule has 3 fully saturated rings. The molecule has 25 heteroatoms. The van der Waals surface area contributed by atoms with Gasteiger partial charge in [-0.15, -0.1) is 11.8 Å². The van der Waals surface area contributed by atoms with Crippen LogP contribution in [0.3, 0.4) is 0 Å². The molecular weight excluding hydrogens is 1200 g/mol. The Morgan fingerprint density at radius 2 is 1.51 bits per heavy atom. The number of rotatable bonds is 24. The second kappa shape index (κ2) is 27.8. The van der Waals surface area contributed by atoms with Crippen LogP contribution in [0.4, 0.5) is 30.2 Å². The minimum atomic E-state index is -6.17. The van der Waals surface area contributed by atoms with Crippen LogP contribution in [0, 0.1) is 5.41 Å². The van der Waals surface area contributed by atoms with Gasteiger partial charge in [0.05, 0.1) is 21.7 Å². The van der Waals surface area contributed by atoms with Crippen molar-refractivity contribution in [2.45, 2.75) is 117 Å². The third-order valence-corrected chi connectivity index (χ3v) is 21.0. The van der Waals surface area contributed by atoms with E-state index in [1.54, 1.807) is 23.1 Å². The van der Waals surface area contributed by atoms with E-state index in [-0.39, 0.29) is 53.0 Å². The zero-order valence-electron chi connectivity index (χ0n) is 49.8. The Bertz CT molecular complexity index is 3570. The van der Waals surface area contributed by atoms with Crippen molar-refractivity contribution in [1.82, 2.24) is 29.6 Å². The van der Waals surface area contributed by atoms with Gasteiger partial charge in [-0.2, -0.15) is 13.2 Å². The first-order valence-electron chi connectivity index (χ1n) is 29.8. The molecule has 4 aromatic rings. The molecule has 2 atom stereocenters. The van der Waals surface area contributed by atoms with E-state index in [4.69, 9.17) is 0 Å². The van der Waals surface area contributed by atoms with E-state index >= 15 is 0 Å². The number of halogens is 3. The summed E-state index contributed by atoms with van der Waals surface area (Å²) in [6, 6.07) is 20.8. The van der Waals surface area contributed by atoms with E-state index in [0.717, 1.165) is 92.4 Å². The number of nitrogens with zero attached hydrogens (tertiary/aromatic N) is 5. The Balaban J connectivity index is 0.784. The van der Waals surface area contributed by atoms with E-state index in [2.05, 4.69) is 58.0 Å². The summed E-state index contributed by atoms with van der Waals surface area (Å²) in [5.41, 5.74) is -0.302. The number of fused-ring (bicyclic) bond motifs is 1. The molecule has 4 aliphatic heterocycles. The standard InChI is InChI=1S/C63H76F3N9O10S3/c1-5-10-42(2)52-39-62(3,4)26-24-44(52)40-72-31-33-73(34-32-72)47-17-14-43(15-18-47)58(78)70-88(84,85)49-19-21-53(55(38-49)87(82,83)63(64,65)66)68-46(41-86-48-11-7-6-8-12-48)25-28-71-29-35-74(36-30-71)57(77)13-9-27-67-45-16-20-50-51(37-45)61(81)75(60(50)80)54-22-23-56(76)69-59(54)79/h6-8,11-12,14-21,37-38,46,54,67-68H,2,5,9-10,13,22-36,39-41H2,1,3-4H3,(H,70,78)(H,69,76,79)/t46-,54?/m1/s1. The molecule has 88 heavy (non-hydrogen) atoms. The molecular formula is C63H76F3N9O10S3. The maximum absolute atomic E-state index is 14.5. The number of sulfone groups is 1. The van der Waals surface area contributed by atoms with Crippen LogP contribution in [0.1, 0.15) is 116 Å². The van der Waals surface area contributed by atoms with Crippen LogP contribution in [0.25, 0.3) is 0 Å². The predicted octanol–water partition coefficient (Wildman–Crippen LogP) is 8.48. The Hall–Kier alpha value is -7.06. The van der Waals surface area contributed by atoms with Crippen molar-refractivity contribution in [3.8, 4) is 0 Å². The van der Waals surface area contributed by atoms with Gasteiger partial charge in [-0.1, -0.05) is 63.1 Å². The van der Waals surface area contributed by atoms with E-state index in [0.29, 0.717) is 63.9 Å². The van der Waals surface area contributed by atoms with Crippen molar-refractivity contribution in [3.63, 3.8) is 0 Å². The fourth-order valence-electron chi connectivity index (χ4n) is 11.9. The highest BCUT2D eigenvalue weighted by Gasteiger charge is 2.49. The molecule has 0 radical (unpaired) electrons. The molecule has 4 N–H and O–H groups in total. The average molecular weight is 1270 g/mol. The van der Waals surface area contributed by atoms with Gasteiger partial charge in [0.15, 0.2) is 0 Å². The van der Waals surface area contributed by atoms with Gasteiger partial charge in [-0.3, -0.25) is 48.8 Å². The maximum Gasteiger partial charge on any atom is 0.501 e. The van der Waals surface area contributed by atoms with E-state index in [1.807, 2.05) is 35.1 Å². The number of benzene rings is 4. The number of hydrogen-bond donors (Lipinski definition) is 4. The summed E-state index contributed by atoms with van der Waals surface area (Å²) >= 11 is 1.39. The lowest BCUT2D eigenvalue weighted by Crippen LogP contribution is -2.54. The number of sulfonamides is 1. The topological polar surface area (TPSA) is 235 Å². The number of carbonyl (C=O) groups is 6. The van der Waals surface area contributed by atoms with E-state index < -0.39 is 82.5 Å². The summed E-state index contributed by atoms with van der Waals surface area (Å²) in [5.74, 6) is -3.28. The number of carbonyl (C=O) groups excluding carboxylic acids is 6. The van der Waals surface area contributed by atoms with Crippen LogP contribution in [-0.2, 0) is 34.2 Å². The van der Waals surface area contributed by atoms with Gasteiger partial charge in [-0.05, 0) is 129 Å². The van der Waals surface area contributed by atoms with Crippen molar-refractivity contribution in [2.75, 3.05) is 93.3 Å². The van der Waals surface area contributed by atoms with Crippen molar-refractivity contribution in [2.24, 2.45) is 5.41 Å². The minimum absolute atomic E-state index is 0.00513. The molecule has 5 aliphatic rings. The average Bonchev–Trinajstić information content (AvgIpc) is 2.28. The van der Waals surface area contributed by atoms with Crippen molar-refractivity contribution in [3.05, 3.63) is 131 Å². The fourth-order valence-corrected chi connectivity index (χ4v) is 14.9. The SMILES string of the molecule is C=C(CCC)C1=C(CN2CCN(c3ccc(C(=O)NS(=O)(=O)c4ccc(N[C@H](CCN5CCN(C(=O)CCCNc6ccc7c(c6)C(=O)N(C6CCC(=O)NC6=O)C7=O)CC5)CSc5ccccc5)c(S(=O)(=O)C(F)(F)F)c4)cc3)CC2)CCC(C)(C)C1. The Morgan fingerprint density at radius 1 is 0.818 bits per heavy atom. The largest absolute Gasteiger partial charge is 0.501 e. The minimum Gasteiger partial charge on any atom is -0.385 e. The Kier molecular flexibility index (Phi) is 20.6. The second-order valence-corrected chi connectivity index (χ2v) is 28.5. The third-order valence-electron chi connectivity index (χ3n) is 16.9. The van der Waals surface area contributed by atoms with Crippen LogP contribution in [0.5, 0.6) is 0 Å². The number of amides is 6. The van der Waals surface area contributed by atoms with Gasteiger partial charge >= 0.3 is 5.51 Å². The zero-order chi connectivity index (χ0) is 63.1. The van der Waals surface area contributed by atoms with Crippen molar-refractivity contribution >= 4 is 84.1 Å². The van der Waals surface area contributed by atoms with Gasteiger partial charge in [0.2, 0.25) is 17.7 Å². The summed E-state index contributed by atoms with van der Waals surface area (Å²) in [7, 11) is -11.1. The predicted molar refractivity (Wildman–Crippen MR) is 331 cm³/mol. The third kappa shape index (κ3) is 15.7. The van der Waals surface area contributed by atoms with Crippen LogP contribution >= 0.6 is 11.8 Å². The van der Waals surface area contributed by atoms with Crippen LogP contribution < -0.4 is 25.6 Å². The molecule has 3 saturated heterocycles. The first-order valence-corrected chi connectivity index (χ1v) is 33.8. The molecule has 4 heterocycles. The lowest BCUT2D eigenvalue weighted by Gasteiger charge is -2.39. The van der Waals surface area contributed by atoms with E-state index in [9.17, 15) is 58.8 Å². The lowest BCUT2D eigenvalue weighted by molar-refractivity contribution is -0.136. The molecule has 4 aromatic carbocycles. The highest BCUT2D eigenvalue weighted by atomic mass is 32.2. The normalized spacial score (nSPS) is 19.1. The molecule has 1 unspecified atom stereocenters. The zero-order valence-corrected chi connectivity index (χ0v) is 52.2. The highest BCUT2D eigenvalue weighted by Crippen LogP contribution is 2.43. The smallest absolute Gasteiger partial charge is 0.385 e. The Morgan fingerprint density at radius 3 is 2.19 bits per heavy atom. The summed E-state index contributed by atoms with van der Waals surface area (Å²) in [5, 5.41) is 8.36. The molecule has 0 saturated carbocycles. The van der Waals surface area contributed by atoms with Crippen LogP contribution in [0.15, 0.2) is 129 Å². The van der Waals surface area contributed by atoms with Gasteiger partial charge in [0, 0.05) is 118 Å². The molecule has 1 aliphatic carbocycles. The molecule has 6 amide bonds. The summed E-state index contributed by atoms with van der Waals surface area (Å²) in [6.07, 6.45) is 6.25. The summed E-state index contributed by atoms with van der Waals surface area (Å²) in [4.78, 5) is 85.3. The maximum atomic E-state index is 14.5. The number of alkyl halides is 3. The van der Waals surface area contributed by atoms with Gasteiger partial charge in [0.1, 0.15) is 10.9 Å². The first-order chi connectivity index (χ1) is 41.8. The second-order valence-electron chi connectivity index (χ2n) is 23.8. The molecule has 0 bridgehead atoms. The molecule has 0 aromatic heterocycles. The number of allylic oxidation sites excluding steroid dienone is 2. The molecule has 472 valence electrons. The fraction of sp³-hybridized carbons (Fsp3) is 0.460. The number of piperidine rings is 1. The lowest BCUT2D eigenvalue weighted by atomic mass is 9.72. The highest BCUT2D eigenvalue weighted by molar-refractivity contribution is 7.99. The number of hydrogen-bond acceptors (Lipinski definition) is 16.